The van der Waals surface area contributed by atoms with Crippen LogP contribution in [0.4, 0.5) is 0 Å². The second-order valence-corrected chi connectivity index (χ2v) is 6.89. The number of aliphatic carboxylic acids is 1. The van der Waals surface area contributed by atoms with E-state index in [0.717, 1.165) is 17.3 Å². The number of nitrogens with zero attached hydrogens (tertiary/aromatic N) is 2. The monoisotopic (exact) mass is 402 g/mol. The molecule has 0 aliphatic heterocycles. The van der Waals surface area contributed by atoms with Crippen LogP contribution < -0.4 is 4.74 Å². The van der Waals surface area contributed by atoms with Gasteiger partial charge in [0.15, 0.2) is 0 Å². The van der Waals surface area contributed by atoms with Gasteiger partial charge < -0.3 is 14.3 Å². The van der Waals surface area contributed by atoms with Gasteiger partial charge in [-0.1, -0.05) is 41.9 Å². The highest BCUT2D eigenvalue weighted by Gasteiger charge is 2.15. The Kier molecular flexibility index (Phi) is 6.16. The molecule has 3 rings (SSSR count). The van der Waals surface area contributed by atoms with Gasteiger partial charge in [0.1, 0.15) is 17.3 Å². The Hall–Kier alpha value is -2.77. The van der Waals surface area contributed by atoms with Crippen molar-refractivity contribution in [1.29, 1.82) is 0 Å². The number of hydrogen-bond acceptors (Lipinski definition) is 6. The van der Waals surface area contributed by atoms with Crippen LogP contribution in [0.2, 0.25) is 5.02 Å². The summed E-state index contributed by atoms with van der Waals surface area (Å²) in [6.45, 7) is 1.97. The molecule has 2 aromatic carbocycles. The Morgan fingerprint density at radius 3 is 2.63 bits per heavy atom. The molecule has 0 aliphatic carbocycles. The van der Waals surface area contributed by atoms with Crippen LogP contribution in [0.25, 0.3) is 6.08 Å². The van der Waals surface area contributed by atoms with Gasteiger partial charge in [-0.2, -0.15) is 0 Å². The van der Waals surface area contributed by atoms with Gasteiger partial charge in [0.25, 0.3) is 5.22 Å². The quantitative estimate of drug-likeness (QED) is 0.447. The molecule has 0 bridgehead atoms. The molecule has 27 heavy (non-hydrogen) atoms. The summed E-state index contributed by atoms with van der Waals surface area (Å²) < 4.78 is 11.1. The molecule has 0 amide bonds. The van der Waals surface area contributed by atoms with Crippen molar-refractivity contribution in [2.75, 3.05) is 0 Å². The fourth-order valence-electron chi connectivity index (χ4n) is 2.16. The van der Waals surface area contributed by atoms with E-state index >= 15 is 0 Å². The van der Waals surface area contributed by atoms with Gasteiger partial charge in [-0.05, 0) is 41.6 Å². The Morgan fingerprint density at radius 2 is 1.96 bits per heavy atom. The van der Waals surface area contributed by atoms with Crippen molar-refractivity contribution < 1.29 is 19.1 Å². The van der Waals surface area contributed by atoms with Crippen LogP contribution in [0.15, 0.2) is 63.1 Å². The number of ether oxygens (including phenoxy) is 1. The standard InChI is InChI=1S/C19H15ClN2O4S/c1-12-21-22-19(26-12)27-17(18(23)24)10-14-4-2-3-5-16(14)25-11-13-6-8-15(20)9-7-13/h2-10H,11H2,1H3,(H,23,24)/b17-10-. The molecule has 1 heterocycles. The van der Waals surface area contributed by atoms with Crippen LogP contribution in [-0.4, -0.2) is 21.3 Å². The van der Waals surface area contributed by atoms with E-state index in [0.29, 0.717) is 28.8 Å². The molecule has 0 saturated heterocycles. The fraction of sp³-hybridized carbons (Fsp3) is 0.105. The lowest BCUT2D eigenvalue weighted by Crippen LogP contribution is -1.99. The number of rotatable bonds is 7. The Bertz CT molecular complexity index is 970. The third-order valence-corrected chi connectivity index (χ3v) is 4.53. The van der Waals surface area contributed by atoms with Crippen molar-refractivity contribution in [1.82, 2.24) is 10.2 Å². The molecule has 0 atom stereocenters. The van der Waals surface area contributed by atoms with Crippen molar-refractivity contribution in [3.8, 4) is 5.75 Å². The van der Waals surface area contributed by atoms with Crippen LogP contribution >= 0.6 is 23.4 Å². The summed E-state index contributed by atoms with van der Waals surface area (Å²) in [5, 5.41) is 17.8. The lowest BCUT2D eigenvalue weighted by molar-refractivity contribution is -0.131. The van der Waals surface area contributed by atoms with E-state index in [2.05, 4.69) is 10.2 Å². The molecule has 6 nitrogen and oxygen atoms in total. The maximum Gasteiger partial charge on any atom is 0.342 e. The van der Waals surface area contributed by atoms with Crippen molar-refractivity contribution in [2.45, 2.75) is 18.8 Å². The number of benzene rings is 2. The second-order valence-electron chi connectivity index (χ2n) is 5.46. The smallest absolute Gasteiger partial charge is 0.342 e. The van der Waals surface area contributed by atoms with E-state index in [4.69, 9.17) is 20.8 Å². The molecule has 138 valence electrons. The molecule has 0 aliphatic rings. The molecule has 1 N–H and O–H groups in total. The van der Waals surface area contributed by atoms with Gasteiger partial charge in [-0.15, -0.1) is 10.2 Å². The summed E-state index contributed by atoms with van der Waals surface area (Å²) >= 11 is 6.77. The number of thioether (sulfide) groups is 1. The topological polar surface area (TPSA) is 85.5 Å². The zero-order valence-corrected chi connectivity index (χ0v) is 15.8. The maximum atomic E-state index is 11.6. The number of carboxylic acid groups (broad SMARTS) is 1. The van der Waals surface area contributed by atoms with Gasteiger partial charge in [-0.3, -0.25) is 0 Å². The zero-order valence-electron chi connectivity index (χ0n) is 14.3. The molecule has 3 aromatic rings. The van der Waals surface area contributed by atoms with Crippen molar-refractivity contribution in [2.24, 2.45) is 0 Å². The minimum absolute atomic E-state index is 0.0428. The summed E-state index contributed by atoms with van der Waals surface area (Å²) in [7, 11) is 0. The summed E-state index contributed by atoms with van der Waals surface area (Å²) in [6.07, 6.45) is 1.52. The molecular formula is C19H15ClN2O4S. The summed E-state index contributed by atoms with van der Waals surface area (Å²) in [5.41, 5.74) is 1.58. The Morgan fingerprint density at radius 1 is 1.22 bits per heavy atom. The van der Waals surface area contributed by atoms with Crippen LogP contribution in [0.3, 0.4) is 0 Å². The highest BCUT2D eigenvalue weighted by Crippen LogP contribution is 2.30. The number of aromatic nitrogens is 2. The number of hydrogen-bond donors (Lipinski definition) is 1. The Labute approximate surface area is 164 Å². The van der Waals surface area contributed by atoms with Crippen LogP contribution in [0.1, 0.15) is 17.0 Å². The normalized spacial score (nSPS) is 11.4. The number of aryl methyl sites for hydroxylation is 1. The summed E-state index contributed by atoms with van der Waals surface area (Å²) in [4.78, 5) is 11.6. The highest BCUT2D eigenvalue weighted by atomic mass is 35.5. The number of para-hydroxylation sites is 1. The van der Waals surface area contributed by atoms with Crippen molar-refractivity contribution in [3.63, 3.8) is 0 Å². The molecule has 8 heteroatoms. The molecular weight excluding hydrogens is 388 g/mol. The third-order valence-electron chi connectivity index (χ3n) is 3.43. The Balaban J connectivity index is 1.81. The van der Waals surface area contributed by atoms with Gasteiger partial charge in [-0.25, -0.2) is 4.79 Å². The van der Waals surface area contributed by atoms with E-state index in [1.165, 1.54) is 6.08 Å². The average molecular weight is 403 g/mol. The van der Waals surface area contributed by atoms with E-state index in [9.17, 15) is 9.90 Å². The minimum Gasteiger partial charge on any atom is -0.488 e. The van der Waals surface area contributed by atoms with Gasteiger partial charge in [0.2, 0.25) is 5.89 Å². The molecule has 1 aromatic heterocycles. The lowest BCUT2D eigenvalue weighted by Gasteiger charge is -2.10. The molecule has 0 spiro atoms. The largest absolute Gasteiger partial charge is 0.488 e. The van der Waals surface area contributed by atoms with Gasteiger partial charge in [0, 0.05) is 17.5 Å². The second kappa shape index (κ2) is 8.75. The molecule has 0 radical (unpaired) electrons. The zero-order chi connectivity index (χ0) is 19.2. The fourth-order valence-corrected chi connectivity index (χ4v) is 2.99. The SMILES string of the molecule is Cc1nnc(S/C(=C\c2ccccc2OCc2ccc(Cl)cc2)C(=O)O)o1. The predicted molar refractivity (Wildman–Crippen MR) is 103 cm³/mol. The molecule has 0 saturated carbocycles. The van der Waals surface area contributed by atoms with E-state index in [1.807, 2.05) is 24.3 Å². The first kappa shape index (κ1) is 19.0. The van der Waals surface area contributed by atoms with Crippen LogP contribution in [0, 0.1) is 6.92 Å². The van der Waals surface area contributed by atoms with Crippen molar-refractivity contribution in [3.05, 3.63) is 75.5 Å². The maximum absolute atomic E-state index is 11.6. The van der Waals surface area contributed by atoms with Crippen LogP contribution in [0.5, 0.6) is 5.75 Å². The molecule has 0 fully saturated rings. The first-order valence-electron chi connectivity index (χ1n) is 7.90. The molecule has 0 unspecified atom stereocenters. The average Bonchev–Trinajstić information content (AvgIpc) is 3.06. The first-order chi connectivity index (χ1) is 13.0. The predicted octanol–water partition coefficient (Wildman–Crippen LogP) is 4.83. The number of carbonyl (C=O) groups is 1. The van der Waals surface area contributed by atoms with Gasteiger partial charge >= 0.3 is 5.97 Å². The van der Waals surface area contributed by atoms with E-state index < -0.39 is 5.97 Å². The van der Waals surface area contributed by atoms with E-state index in [1.54, 1.807) is 31.2 Å². The number of halogens is 1. The minimum atomic E-state index is -1.09. The lowest BCUT2D eigenvalue weighted by atomic mass is 10.2. The summed E-state index contributed by atoms with van der Waals surface area (Å²) in [5.74, 6) is -0.161. The highest BCUT2D eigenvalue weighted by molar-refractivity contribution is 8.03. The first-order valence-corrected chi connectivity index (χ1v) is 9.10. The summed E-state index contributed by atoms with van der Waals surface area (Å²) in [6, 6.07) is 14.5. The van der Waals surface area contributed by atoms with Crippen LogP contribution in [-0.2, 0) is 11.4 Å². The third kappa shape index (κ3) is 5.35. The van der Waals surface area contributed by atoms with E-state index in [-0.39, 0.29) is 10.1 Å². The number of carboxylic acids is 1. The van der Waals surface area contributed by atoms with Gasteiger partial charge in [0.05, 0.1) is 0 Å². The van der Waals surface area contributed by atoms with Crippen molar-refractivity contribution >= 4 is 35.4 Å².